The lowest BCUT2D eigenvalue weighted by atomic mass is 10.1. The van der Waals surface area contributed by atoms with Gasteiger partial charge in [0.1, 0.15) is 5.69 Å². The lowest BCUT2D eigenvalue weighted by molar-refractivity contribution is 0.0595. The van der Waals surface area contributed by atoms with Gasteiger partial charge in [0, 0.05) is 25.0 Å². The maximum atomic E-state index is 11.5. The van der Waals surface area contributed by atoms with Crippen LogP contribution in [0.3, 0.4) is 0 Å². The van der Waals surface area contributed by atoms with E-state index in [2.05, 4.69) is 20.0 Å². The molecule has 0 bridgehead atoms. The Morgan fingerprint density at radius 3 is 2.69 bits per heavy atom. The summed E-state index contributed by atoms with van der Waals surface area (Å²) in [5.74, 6) is -0.500. The van der Waals surface area contributed by atoms with Crippen molar-refractivity contribution >= 4 is 5.97 Å². The van der Waals surface area contributed by atoms with E-state index in [0.717, 1.165) is 5.56 Å². The van der Waals surface area contributed by atoms with Crippen molar-refractivity contribution in [3.8, 4) is 11.3 Å². The summed E-state index contributed by atoms with van der Waals surface area (Å²) >= 11 is 0. The summed E-state index contributed by atoms with van der Waals surface area (Å²) in [5, 5.41) is 7.59. The van der Waals surface area contributed by atoms with Crippen molar-refractivity contribution in [2.75, 3.05) is 7.11 Å². The molecule has 0 radical (unpaired) electrons. The molecule has 6 heteroatoms. The molecule has 0 saturated carbocycles. The highest BCUT2D eigenvalue weighted by atomic mass is 16.5. The van der Waals surface area contributed by atoms with Gasteiger partial charge < -0.3 is 4.74 Å². The molecule has 0 amide bonds. The van der Waals surface area contributed by atoms with Gasteiger partial charge in [0.2, 0.25) is 0 Å². The monoisotopic (exact) mass is 218 g/mol. The second-order valence-corrected chi connectivity index (χ2v) is 3.14. The van der Waals surface area contributed by atoms with Crippen LogP contribution in [0.15, 0.2) is 24.5 Å². The lowest BCUT2D eigenvalue weighted by Crippen LogP contribution is -2.04. The highest BCUT2D eigenvalue weighted by molar-refractivity contribution is 5.93. The van der Waals surface area contributed by atoms with Gasteiger partial charge in [0.15, 0.2) is 5.69 Å². The van der Waals surface area contributed by atoms with Crippen molar-refractivity contribution in [2.24, 2.45) is 7.05 Å². The first-order valence-corrected chi connectivity index (χ1v) is 4.62. The highest BCUT2D eigenvalue weighted by Crippen LogP contribution is 2.20. The fourth-order valence-electron chi connectivity index (χ4n) is 1.42. The van der Waals surface area contributed by atoms with Crippen molar-refractivity contribution in [3.63, 3.8) is 0 Å². The van der Waals surface area contributed by atoms with Crippen LogP contribution in [0.25, 0.3) is 11.3 Å². The zero-order valence-corrected chi connectivity index (χ0v) is 8.91. The molecule has 2 aromatic heterocycles. The quantitative estimate of drug-likeness (QED) is 0.692. The van der Waals surface area contributed by atoms with Crippen LogP contribution in [0.1, 0.15) is 10.5 Å². The van der Waals surface area contributed by atoms with Crippen LogP contribution in [0, 0.1) is 0 Å². The SMILES string of the molecule is COC(=O)c1nnn(C)c1-c1ccncc1. The number of esters is 1. The first-order chi connectivity index (χ1) is 7.74. The minimum atomic E-state index is -0.500. The van der Waals surface area contributed by atoms with Gasteiger partial charge in [-0.05, 0) is 12.1 Å². The van der Waals surface area contributed by atoms with Crippen LogP contribution in [-0.4, -0.2) is 33.1 Å². The van der Waals surface area contributed by atoms with Crippen LogP contribution in [0.2, 0.25) is 0 Å². The summed E-state index contributed by atoms with van der Waals surface area (Å²) in [6.07, 6.45) is 3.28. The van der Waals surface area contributed by atoms with Gasteiger partial charge in [-0.3, -0.25) is 4.98 Å². The van der Waals surface area contributed by atoms with Gasteiger partial charge in [0.25, 0.3) is 0 Å². The van der Waals surface area contributed by atoms with E-state index >= 15 is 0 Å². The number of hydrogen-bond donors (Lipinski definition) is 0. The van der Waals surface area contributed by atoms with E-state index in [-0.39, 0.29) is 5.69 Å². The molecule has 0 spiro atoms. The second kappa shape index (κ2) is 4.09. The zero-order valence-electron chi connectivity index (χ0n) is 8.91. The van der Waals surface area contributed by atoms with Gasteiger partial charge in [-0.1, -0.05) is 5.21 Å². The van der Waals surface area contributed by atoms with Crippen LogP contribution < -0.4 is 0 Å². The van der Waals surface area contributed by atoms with Gasteiger partial charge in [-0.25, -0.2) is 9.48 Å². The van der Waals surface area contributed by atoms with Crippen LogP contribution in [0.5, 0.6) is 0 Å². The van der Waals surface area contributed by atoms with Crippen molar-refractivity contribution in [1.82, 2.24) is 20.0 Å². The molecule has 0 aromatic carbocycles. The third-order valence-corrected chi connectivity index (χ3v) is 2.16. The number of aryl methyl sites for hydroxylation is 1. The maximum Gasteiger partial charge on any atom is 0.360 e. The summed E-state index contributed by atoms with van der Waals surface area (Å²) in [6, 6.07) is 3.57. The van der Waals surface area contributed by atoms with Crippen LogP contribution in [0.4, 0.5) is 0 Å². The van der Waals surface area contributed by atoms with E-state index in [1.54, 1.807) is 31.6 Å². The predicted molar refractivity (Wildman–Crippen MR) is 55.6 cm³/mol. The van der Waals surface area contributed by atoms with Gasteiger partial charge in [-0.2, -0.15) is 0 Å². The normalized spacial score (nSPS) is 10.1. The summed E-state index contributed by atoms with van der Waals surface area (Å²) < 4.78 is 6.17. The third kappa shape index (κ3) is 1.65. The Morgan fingerprint density at radius 2 is 2.06 bits per heavy atom. The van der Waals surface area contributed by atoms with Crippen molar-refractivity contribution in [1.29, 1.82) is 0 Å². The minimum Gasteiger partial charge on any atom is -0.464 e. The number of methoxy groups -OCH3 is 1. The standard InChI is InChI=1S/C10H10N4O2/c1-14-9(7-3-5-11-6-4-7)8(12-13-14)10(15)16-2/h3-6H,1-2H3. The molecule has 0 atom stereocenters. The number of carbonyl (C=O) groups is 1. The number of aromatic nitrogens is 4. The number of ether oxygens (including phenoxy) is 1. The number of pyridine rings is 1. The summed E-state index contributed by atoms with van der Waals surface area (Å²) in [7, 11) is 3.03. The molecule has 0 fully saturated rings. The largest absolute Gasteiger partial charge is 0.464 e. The smallest absolute Gasteiger partial charge is 0.360 e. The Bertz CT molecular complexity index is 507. The Kier molecular flexibility index (Phi) is 2.63. The molecule has 0 aliphatic heterocycles. The second-order valence-electron chi connectivity index (χ2n) is 3.14. The van der Waals surface area contributed by atoms with E-state index in [9.17, 15) is 4.79 Å². The molecular formula is C10H10N4O2. The van der Waals surface area contributed by atoms with Crippen molar-refractivity contribution in [2.45, 2.75) is 0 Å². The molecule has 0 aliphatic rings. The molecule has 0 unspecified atom stereocenters. The van der Waals surface area contributed by atoms with E-state index in [4.69, 9.17) is 0 Å². The summed E-state index contributed by atoms with van der Waals surface area (Å²) in [6.45, 7) is 0. The van der Waals surface area contributed by atoms with Crippen molar-refractivity contribution < 1.29 is 9.53 Å². The third-order valence-electron chi connectivity index (χ3n) is 2.16. The van der Waals surface area contributed by atoms with E-state index < -0.39 is 5.97 Å². The number of nitrogens with zero attached hydrogens (tertiary/aromatic N) is 4. The highest BCUT2D eigenvalue weighted by Gasteiger charge is 2.19. The molecular weight excluding hydrogens is 208 g/mol. The van der Waals surface area contributed by atoms with Gasteiger partial charge in [0.05, 0.1) is 7.11 Å². The molecule has 16 heavy (non-hydrogen) atoms. The Hall–Kier alpha value is -2.24. The first-order valence-electron chi connectivity index (χ1n) is 4.62. The van der Waals surface area contributed by atoms with E-state index in [0.29, 0.717) is 5.69 Å². The van der Waals surface area contributed by atoms with Gasteiger partial charge >= 0.3 is 5.97 Å². The molecule has 0 saturated heterocycles. The first kappa shape index (κ1) is 10.3. The summed E-state index contributed by atoms with van der Waals surface area (Å²) in [4.78, 5) is 15.4. The van der Waals surface area contributed by atoms with E-state index in [1.807, 2.05) is 0 Å². The molecule has 2 aromatic rings. The summed E-state index contributed by atoms with van der Waals surface area (Å²) in [5.41, 5.74) is 1.65. The maximum absolute atomic E-state index is 11.5. The number of carbonyl (C=O) groups excluding carboxylic acids is 1. The van der Waals surface area contributed by atoms with Crippen LogP contribution >= 0.6 is 0 Å². The Morgan fingerprint density at radius 1 is 1.38 bits per heavy atom. The Labute approximate surface area is 91.9 Å². The minimum absolute atomic E-state index is 0.205. The number of rotatable bonds is 2. The molecule has 2 heterocycles. The zero-order chi connectivity index (χ0) is 11.5. The fraction of sp³-hybridized carbons (Fsp3) is 0.200. The van der Waals surface area contributed by atoms with Crippen molar-refractivity contribution in [3.05, 3.63) is 30.2 Å². The van der Waals surface area contributed by atoms with Crippen LogP contribution in [-0.2, 0) is 11.8 Å². The lowest BCUT2D eigenvalue weighted by Gasteiger charge is -2.02. The van der Waals surface area contributed by atoms with E-state index in [1.165, 1.54) is 11.8 Å². The number of hydrogen-bond acceptors (Lipinski definition) is 5. The average Bonchev–Trinajstić information content (AvgIpc) is 2.71. The Balaban J connectivity index is 2.56. The molecule has 0 N–H and O–H groups in total. The molecule has 0 aliphatic carbocycles. The average molecular weight is 218 g/mol. The van der Waals surface area contributed by atoms with Gasteiger partial charge in [-0.15, -0.1) is 5.10 Å². The molecule has 2 rings (SSSR count). The molecule has 6 nitrogen and oxygen atoms in total. The molecule has 82 valence electrons. The predicted octanol–water partition coefficient (Wildman–Crippen LogP) is 0.664. The fourth-order valence-corrected chi connectivity index (χ4v) is 1.42. The topological polar surface area (TPSA) is 69.9 Å².